The molecular weight excluding hydrogens is 398 g/mol. The van der Waals surface area contributed by atoms with Crippen LogP contribution in [0.15, 0.2) is 97.1 Å². The highest BCUT2D eigenvalue weighted by Gasteiger charge is 2.18. The van der Waals surface area contributed by atoms with E-state index in [-0.39, 0.29) is 0 Å². The van der Waals surface area contributed by atoms with Crippen molar-refractivity contribution in [1.29, 1.82) is 0 Å². The van der Waals surface area contributed by atoms with Crippen molar-refractivity contribution in [3.8, 4) is 22.3 Å². The summed E-state index contributed by atoms with van der Waals surface area (Å²) in [6.07, 6.45) is 10.7. The Kier molecular flexibility index (Phi) is 5.88. The van der Waals surface area contributed by atoms with E-state index in [1.54, 1.807) is 0 Å². The van der Waals surface area contributed by atoms with Gasteiger partial charge in [0.05, 0.1) is 0 Å². The van der Waals surface area contributed by atoms with E-state index in [4.69, 9.17) is 0 Å². The average Bonchev–Trinajstić information content (AvgIpc) is 2.87. The van der Waals surface area contributed by atoms with Crippen LogP contribution in [0.25, 0.3) is 33.0 Å². The van der Waals surface area contributed by atoms with E-state index in [1.165, 1.54) is 55.4 Å². The molecule has 0 saturated heterocycles. The lowest BCUT2D eigenvalue weighted by Gasteiger charge is -2.22. The van der Waals surface area contributed by atoms with Crippen LogP contribution < -0.4 is 5.32 Å². The number of fused-ring (bicyclic) bond motifs is 2. The van der Waals surface area contributed by atoms with Crippen molar-refractivity contribution in [2.24, 2.45) is 0 Å². The van der Waals surface area contributed by atoms with Crippen molar-refractivity contribution >= 4 is 16.5 Å². The van der Waals surface area contributed by atoms with Crippen molar-refractivity contribution in [2.75, 3.05) is 5.32 Å². The van der Waals surface area contributed by atoms with E-state index in [9.17, 15) is 0 Å². The summed E-state index contributed by atoms with van der Waals surface area (Å²) in [5.74, 6) is 0. The predicted octanol–water partition coefficient (Wildman–Crippen LogP) is 8.71. The van der Waals surface area contributed by atoms with Gasteiger partial charge < -0.3 is 5.32 Å². The summed E-state index contributed by atoms with van der Waals surface area (Å²) in [7, 11) is 0. The maximum atomic E-state index is 3.66. The van der Waals surface area contributed by atoms with Gasteiger partial charge in [0.2, 0.25) is 0 Å². The molecule has 0 amide bonds. The molecule has 164 valence electrons. The quantitative estimate of drug-likeness (QED) is 0.302. The van der Waals surface area contributed by atoms with Crippen LogP contribution in [-0.4, -0.2) is 6.04 Å². The number of rotatable bonds is 3. The normalized spacial score (nSPS) is 15.5. The SMILES string of the molecule is CC.Cc1cc(-c2ccc3c(c2)-c2cccc4cccc(c24)C3)ccc1NC1C=CC=CC1. The lowest BCUT2D eigenvalue weighted by molar-refractivity contribution is 0.881. The number of benzene rings is 4. The third kappa shape index (κ3) is 4.00. The van der Waals surface area contributed by atoms with E-state index >= 15 is 0 Å². The zero-order valence-corrected chi connectivity index (χ0v) is 19.7. The summed E-state index contributed by atoms with van der Waals surface area (Å²) in [6, 6.07) is 27.5. The molecule has 1 nitrogen and oxygen atoms in total. The standard InChI is InChI=1S/C30H25N.C2H6/c1-20-17-22(15-16-29(20)31-26-10-3-2-4-11-26)23-13-14-24-18-25-9-5-7-21-8-6-12-27(30(21)25)28(24)19-23;1-2/h2-10,12-17,19,26,31H,11,18H2,1H3;1-2H3. The molecule has 0 fully saturated rings. The molecule has 2 aliphatic carbocycles. The molecule has 0 spiro atoms. The number of hydrogen-bond donors (Lipinski definition) is 1. The summed E-state index contributed by atoms with van der Waals surface area (Å²) in [4.78, 5) is 0. The largest absolute Gasteiger partial charge is 0.378 e. The molecule has 1 unspecified atom stereocenters. The van der Waals surface area contributed by atoms with Crippen LogP contribution in [0.5, 0.6) is 0 Å². The maximum Gasteiger partial charge on any atom is 0.0482 e. The summed E-state index contributed by atoms with van der Waals surface area (Å²) < 4.78 is 0. The first-order valence-electron chi connectivity index (χ1n) is 12.1. The Balaban J connectivity index is 0.00000111. The van der Waals surface area contributed by atoms with Crippen molar-refractivity contribution in [2.45, 2.75) is 39.7 Å². The third-order valence-electron chi connectivity index (χ3n) is 6.65. The van der Waals surface area contributed by atoms with Gasteiger partial charge >= 0.3 is 0 Å². The van der Waals surface area contributed by atoms with E-state index in [1.807, 2.05) is 13.8 Å². The van der Waals surface area contributed by atoms with Gasteiger partial charge in [0, 0.05) is 11.7 Å². The third-order valence-corrected chi connectivity index (χ3v) is 6.65. The molecule has 4 aromatic carbocycles. The van der Waals surface area contributed by atoms with Crippen molar-refractivity contribution in [3.63, 3.8) is 0 Å². The van der Waals surface area contributed by atoms with Gasteiger partial charge in [-0.1, -0.05) is 92.7 Å². The fourth-order valence-electron chi connectivity index (χ4n) is 5.05. The Morgan fingerprint density at radius 2 is 1.55 bits per heavy atom. The van der Waals surface area contributed by atoms with Crippen molar-refractivity contribution in [3.05, 3.63) is 114 Å². The fourth-order valence-corrected chi connectivity index (χ4v) is 5.05. The van der Waals surface area contributed by atoms with Gasteiger partial charge in [-0.2, -0.15) is 0 Å². The summed E-state index contributed by atoms with van der Waals surface area (Å²) in [6.45, 7) is 6.20. The van der Waals surface area contributed by atoms with Gasteiger partial charge in [0.25, 0.3) is 0 Å². The lowest BCUT2D eigenvalue weighted by atomic mass is 9.82. The van der Waals surface area contributed by atoms with Gasteiger partial charge in [-0.3, -0.25) is 0 Å². The number of nitrogens with one attached hydrogen (secondary N) is 1. The lowest BCUT2D eigenvalue weighted by Crippen LogP contribution is -2.17. The van der Waals surface area contributed by atoms with E-state index in [0.29, 0.717) is 6.04 Å². The van der Waals surface area contributed by atoms with E-state index in [2.05, 4.69) is 109 Å². The fraction of sp³-hybridized carbons (Fsp3) is 0.188. The molecule has 1 atom stereocenters. The second-order valence-electron chi connectivity index (χ2n) is 8.70. The van der Waals surface area contributed by atoms with Gasteiger partial charge in [-0.15, -0.1) is 0 Å². The molecule has 4 aromatic rings. The first kappa shape index (κ1) is 21.3. The maximum absolute atomic E-state index is 3.66. The highest BCUT2D eigenvalue weighted by atomic mass is 14.9. The summed E-state index contributed by atoms with van der Waals surface area (Å²) >= 11 is 0. The van der Waals surface area contributed by atoms with Gasteiger partial charge in [-0.25, -0.2) is 0 Å². The molecule has 1 heteroatoms. The second kappa shape index (κ2) is 9.11. The minimum atomic E-state index is 0.374. The zero-order valence-electron chi connectivity index (χ0n) is 19.7. The first-order valence-corrected chi connectivity index (χ1v) is 12.1. The van der Waals surface area contributed by atoms with Crippen LogP contribution in [0, 0.1) is 6.92 Å². The minimum absolute atomic E-state index is 0.374. The summed E-state index contributed by atoms with van der Waals surface area (Å²) in [5, 5.41) is 6.42. The van der Waals surface area contributed by atoms with Crippen LogP contribution in [-0.2, 0) is 6.42 Å². The highest BCUT2D eigenvalue weighted by Crippen LogP contribution is 2.41. The van der Waals surface area contributed by atoms with E-state index in [0.717, 1.165) is 12.8 Å². The molecule has 0 bridgehead atoms. The molecule has 0 aromatic heterocycles. The predicted molar refractivity (Wildman–Crippen MR) is 144 cm³/mol. The molecule has 0 saturated carbocycles. The number of anilines is 1. The zero-order chi connectivity index (χ0) is 22.8. The number of allylic oxidation sites excluding steroid dienone is 2. The monoisotopic (exact) mass is 429 g/mol. The van der Waals surface area contributed by atoms with Gasteiger partial charge in [0.15, 0.2) is 0 Å². The molecule has 33 heavy (non-hydrogen) atoms. The Morgan fingerprint density at radius 3 is 2.33 bits per heavy atom. The number of aryl methyl sites for hydroxylation is 1. The van der Waals surface area contributed by atoms with Crippen molar-refractivity contribution in [1.82, 2.24) is 0 Å². The smallest absolute Gasteiger partial charge is 0.0482 e. The minimum Gasteiger partial charge on any atom is -0.378 e. The van der Waals surface area contributed by atoms with Crippen LogP contribution >= 0.6 is 0 Å². The van der Waals surface area contributed by atoms with Crippen LogP contribution in [0.4, 0.5) is 5.69 Å². The average molecular weight is 430 g/mol. The Hall–Kier alpha value is -3.58. The molecule has 2 aliphatic rings. The highest BCUT2D eigenvalue weighted by molar-refractivity contribution is 6.02. The Morgan fingerprint density at radius 1 is 0.758 bits per heavy atom. The Labute approximate surface area is 197 Å². The Bertz CT molecular complexity index is 1370. The molecule has 0 aliphatic heterocycles. The molecule has 0 heterocycles. The molecule has 6 rings (SSSR count). The first-order chi connectivity index (χ1) is 16.3. The molecule has 0 radical (unpaired) electrons. The topological polar surface area (TPSA) is 12.0 Å². The van der Waals surface area contributed by atoms with Crippen LogP contribution in [0.3, 0.4) is 0 Å². The molecular formula is C32H31N. The summed E-state index contributed by atoms with van der Waals surface area (Å²) in [5.41, 5.74) is 10.6. The number of hydrogen-bond acceptors (Lipinski definition) is 1. The van der Waals surface area contributed by atoms with Crippen LogP contribution in [0.1, 0.15) is 37.0 Å². The molecule has 1 N–H and O–H groups in total. The van der Waals surface area contributed by atoms with Crippen LogP contribution in [0.2, 0.25) is 0 Å². The van der Waals surface area contributed by atoms with E-state index < -0.39 is 0 Å². The van der Waals surface area contributed by atoms with Crippen molar-refractivity contribution < 1.29 is 0 Å². The van der Waals surface area contributed by atoms with Gasteiger partial charge in [0.1, 0.15) is 0 Å². The van der Waals surface area contributed by atoms with Gasteiger partial charge in [-0.05, 0) is 87.7 Å². The second-order valence-corrected chi connectivity index (χ2v) is 8.70.